The number of carbonyl (C=O) groups excluding carboxylic acids is 2. The molecule has 5 heteroatoms. The Hall–Kier alpha value is -2.82. The molecule has 0 fully saturated rings. The topological polar surface area (TPSA) is 68.5 Å². The van der Waals surface area contributed by atoms with E-state index >= 15 is 0 Å². The average Bonchev–Trinajstić information content (AvgIpc) is 2.99. The lowest BCUT2D eigenvalue weighted by Gasteiger charge is -2.12. The largest absolute Gasteiger partial charge is 0.465 e. The molecule has 1 amide bonds. The Balaban J connectivity index is 1.84. The van der Waals surface area contributed by atoms with Crippen molar-refractivity contribution < 1.29 is 18.7 Å². The van der Waals surface area contributed by atoms with Crippen LogP contribution < -0.4 is 5.32 Å². The Kier molecular flexibility index (Phi) is 4.93. The van der Waals surface area contributed by atoms with Crippen molar-refractivity contribution in [3.63, 3.8) is 0 Å². The van der Waals surface area contributed by atoms with E-state index in [0.717, 1.165) is 0 Å². The van der Waals surface area contributed by atoms with Gasteiger partial charge in [-0.15, -0.1) is 0 Å². The summed E-state index contributed by atoms with van der Waals surface area (Å²) in [5.74, 6) is -0.462. The van der Waals surface area contributed by atoms with Gasteiger partial charge in [-0.3, -0.25) is 4.79 Å². The second-order valence-electron chi connectivity index (χ2n) is 4.28. The van der Waals surface area contributed by atoms with Crippen LogP contribution >= 0.6 is 0 Å². The highest BCUT2D eigenvalue weighted by atomic mass is 16.5. The van der Waals surface area contributed by atoms with Crippen LogP contribution in [0.1, 0.15) is 12.7 Å². The summed E-state index contributed by atoms with van der Waals surface area (Å²) in [6.45, 7) is 1.51. The van der Waals surface area contributed by atoms with Crippen molar-refractivity contribution in [2.45, 2.75) is 13.0 Å². The van der Waals surface area contributed by atoms with E-state index < -0.39 is 12.1 Å². The van der Waals surface area contributed by atoms with Gasteiger partial charge >= 0.3 is 5.97 Å². The summed E-state index contributed by atoms with van der Waals surface area (Å²) in [7, 11) is 0. The van der Waals surface area contributed by atoms with Crippen molar-refractivity contribution in [2.75, 3.05) is 5.32 Å². The van der Waals surface area contributed by atoms with Crippen LogP contribution in [0.15, 0.2) is 59.2 Å². The zero-order valence-electron chi connectivity index (χ0n) is 11.5. The lowest BCUT2D eigenvalue weighted by Crippen LogP contribution is -2.29. The molecule has 0 aliphatic carbocycles. The van der Waals surface area contributed by atoms with E-state index in [4.69, 9.17) is 9.15 Å². The summed E-state index contributed by atoms with van der Waals surface area (Å²) in [5, 5.41) is 2.66. The van der Waals surface area contributed by atoms with Gasteiger partial charge in [-0.2, -0.15) is 0 Å². The van der Waals surface area contributed by atoms with Gasteiger partial charge in [-0.05, 0) is 37.3 Å². The molecule has 0 spiro atoms. The predicted octanol–water partition coefficient (Wildman–Crippen LogP) is 2.86. The number of nitrogens with one attached hydrogen (secondary N) is 1. The van der Waals surface area contributed by atoms with Gasteiger partial charge in [-0.25, -0.2) is 4.79 Å². The van der Waals surface area contributed by atoms with E-state index in [2.05, 4.69) is 5.32 Å². The highest BCUT2D eigenvalue weighted by molar-refractivity contribution is 5.96. The van der Waals surface area contributed by atoms with E-state index in [1.165, 1.54) is 25.3 Å². The van der Waals surface area contributed by atoms with Crippen LogP contribution in [-0.2, 0) is 14.3 Å². The van der Waals surface area contributed by atoms with Gasteiger partial charge in [0, 0.05) is 11.8 Å². The summed E-state index contributed by atoms with van der Waals surface area (Å²) in [4.78, 5) is 23.4. The Labute approximate surface area is 122 Å². The van der Waals surface area contributed by atoms with Gasteiger partial charge in [0.15, 0.2) is 6.10 Å². The fourth-order valence-corrected chi connectivity index (χ4v) is 1.57. The van der Waals surface area contributed by atoms with E-state index in [-0.39, 0.29) is 5.91 Å². The summed E-state index contributed by atoms with van der Waals surface area (Å²) in [6.07, 6.45) is 3.30. The van der Waals surface area contributed by atoms with Crippen LogP contribution in [0.3, 0.4) is 0 Å². The number of esters is 1. The first-order chi connectivity index (χ1) is 10.1. The number of anilines is 1. The monoisotopic (exact) mass is 285 g/mol. The van der Waals surface area contributed by atoms with Crippen LogP contribution in [0, 0.1) is 0 Å². The van der Waals surface area contributed by atoms with E-state index in [1.54, 1.807) is 36.4 Å². The van der Waals surface area contributed by atoms with Crippen LogP contribution in [-0.4, -0.2) is 18.0 Å². The van der Waals surface area contributed by atoms with Crippen molar-refractivity contribution in [1.82, 2.24) is 0 Å². The SMILES string of the molecule is C[C@H](OC(=O)/C=C/c1ccco1)C(=O)Nc1ccccc1. The maximum Gasteiger partial charge on any atom is 0.331 e. The quantitative estimate of drug-likeness (QED) is 0.677. The summed E-state index contributed by atoms with van der Waals surface area (Å²) in [5.41, 5.74) is 0.650. The molecule has 1 N–H and O–H groups in total. The third-order valence-corrected chi connectivity index (χ3v) is 2.63. The van der Waals surface area contributed by atoms with Crippen LogP contribution in [0.4, 0.5) is 5.69 Å². The first-order valence-electron chi connectivity index (χ1n) is 6.43. The zero-order chi connectivity index (χ0) is 15.1. The Morgan fingerprint density at radius 1 is 1.19 bits per heavy atom. The van der Waals surface area contributed by atoms with E-state index in [9.17, 15) is 9.59 Å². The molecule has 2 rings (SSSR count). The third kappa shape index (κ3) is 4.65. The van der Waals surface area contributed by atoms with Gasteiger partial charge < -0.3 is 14.5 Å². The number of carbonyl (C=O) groups is 2. The first-order valence-corrected chi connectivity index (χ1v) is 6.43. The minimum atomic E-state index is -0.890. The van der Waals surface area contributed by atoms with E-state index in [0.29, 0.717) is 11.4 Å². The number of para-hydroxylation sites is 1. The summed E-state index contributed by atoms with van der Waals surface area (Å²) >= 11 is 0. The van der Waals surface area contributed by atoms with Crippen molar-refractivity contribution in [3.05, 3.63) is 60.6 Å². The fraction of sp³-hybridized carbons (Fsp3) is 0.125. The van der Waals surface area contributed by atoms with E-state index in [1.807, 2.05) is 6.07 Å². The Bertz CT molecular complexity index is 617. The molecular weight excluding hydrogens is 270 g/mol. The van der Waals surface area contributed by atoms with Crippen molar-refractivity contribution in [2.24, 2.45) is 0 Å². The van der Waals surface area contributed by atoms with Crippen molar-refractivity contribution in [1.29, 1.82) is 0 Å². The average molecular weight is 285 g/mol. The molecule has 1 atom stereocenters. The molecule has 1 aromatic heterocycles. The van der Waals surface area contributed by atoms with Gasteiger partial charge in [-0.1, -0.05) is 18.2 Å². The molecule has 0 aliphatic heterocycles. The molecule has 0 aliphatic rings. The molecule has 0 saturated carbocycles. The van der Waals surface area contributed by atoms with Gasteiger partial charge in [0.25, 0.3) is 5.91 Å². The molecule has 21 heavy (non-hydrogen) atoms. The zero-order valence-corrected chi connectivity index (χ0v) is 11.5. The lowest BCUT2D eigenvalue weighted by molar-refractivity contribution is -0.148. The highest BCUT2D eigenvalue weighted by Crippen LogP contribution is 2.07. The number of furan rings is 1. The molecule has 1 heterocycles. The van der Waals surface area contributed by atoms with Crippen LogP contribution in [0.5, 0.6) is 0 Å². The molecule has 0 bridgehead atoms. The highest BCUT2D eigenvalue weighted by Gasteiger charge is 2.16. The van der Waals surface area contributed by atoms with Gasteiger partial charge in [0.2, 0.25) is 0 Å². The van der Waals surface area contributed by atoms with Crippen molar-refractivity contribution >= 4 is 23.6 Å². The Morgan fingerprint density at radius 3 is 2.62 bits per heavy atom. The minimum Gasteiger partial charge on any atom is -0.465 e. The molecular formula is C16H15NO4. The molecule has 5 nitrogen and oxygen atoms in total. The van der Waals surface area contributed by atoms with Crippen LogP contribution in [0.2, 0.25) is 0 Å². The second kappa shape index (κ2) is 7.09. The second-order valence-corrected chi connectivity index (χ2v) is 4.28. The molecule has 2 aromatic rings. The maximum absolute atomic E-state index is 11.8. The van der Waals surface area contributed by atoms with Gasteiger partial charge in [0.05, 0.1) is 6.26 Å². The third-order valence-electron chi connectivity index (χ3n) is 2.63. The normalized spacial score (nSPS) is 12.0. The lowest BCUT2D eigenvalue weighted by atomic mass is 10.3. The Morgan fingerprint density at radius 2 is 1.95 bits per heavy atom. The number of amides is 1. The minimum absolute atomic E-state index is 0.388. The number of ether oxygens (including phenoxy) is 1. The number of hydrogen-bond donors (Lipinski definition) is 1. The fourth-order valence-electron chi connectivity index (χ4n) is 1.57. The summed E-state index contributed by atoms with van der Waals surface area (Å²) in [6, 6.07) is 12.4. The maximum atomic E-state index is 11.8. The number of rotatable bonds is 5. The standard InChI is InChI=1S/C16H15NO4/c1-12(16(19)17-13-6-3-2-4-7-13)21-15(18)10-9-14-8-5-11-20-14/h2-12H,1H3,(H,17,19)/b10-9+/t12-/m0/s1. The smallest absolute Gasteiger partial charge is 0.331 e. The van der Waals surface area contributed by atoms with Crippen LogP contribution in [0.25, 0.3) is 6.08 Å². The predicted molar refractivity (Wildman–Crippen MR) is 78.4 cm³/mol. The molecule has 0 unspecified atom stereocenters. The number of hydrogen-bond acceptors (Lipinski definition) is 4. The molecule has 0 radical (unpaired) electrons. The molecule has 0 saturated heterocycles. The molecule has 108 valence electrons. The summed E-state index contributed by atoms with van der Waals surface area (Å²) < 4.78 is 10.0. The van der Waals surface area contributed by atoms with Gasteiger partial charge in [0.1, 0.15) is 5.76 Å². The first kappa shape index (κ1) is 14.6. The molecule has 1 aromatic carbocycles. The van der Waals surface area contributed by atoms with Crippen molar-refractivity contribution in [3.8, 4) is 0 Å². The number of benzene rings is 1.